The molecule has 2 heterocycles. The van der Waals surface area contributed by atoms with Crippen LogP contribution in [0.4, 0.5) is 0 Å². The minimum Gasteiger partial charge on any atom is -0.476 e. The summed E-state index contributed by atoms with van der Waals surface area (Å²) in [6.07, 6.45) is 1.63. The highest BCUT2D eigenvalue weighted by Gasteiger charge is 2.16. The standard InChI is InChI=1S/C6H8N2O2/c9-4-5-3-7-8-1-2-10-6(5)8/h3,9H,1-2,4H2. The molecule has 0 atom stereocenters. The molecule has 1 aliphatic heterocycles. The van der Waals surface area contributed by atoms with Gasteiger partial charge in [0.05, 0.1) is 24.9 Å². The van der Waals surface area contributed by atoms with Crippen molar-refractivity contribution >= 4 is 0 Å². The Hall–Kier alpha value is -1.03. The van der Waals surface area contributed by atoms with Crippen molar-refractivity contribution in [3.05, 3.63) is 11.8 Å². The van der Waals surface area contributed by atoms with Crippen LogP contribution in [0, 0.1) is 0 Å². The third-order valence-corrected chi connectivity index (χ3v) is 1.57. The average Bonchev–Trinajstić information content (AvgIpc) is 2.44. The Morgan fingerprint density at radius 1 is 1.80 bits per heavy atom. The van der Waals surface area contributed by atoms with Crippen molar-refractivity contribution in [1.29, 1.82) is 0 Å². The quantitative estimate of drug-likeness (QED) is 0.586. The lowest BCUT2D eigenvalue weighted by molar-refractivity contribution is 0.271. The van der Waals surface area contributed by atoms with Crippen LogP contribution in [0.1, 0.15) is 5.56 Å². The summed E-state index contributed by atoms with van der Waals surface area (Å²) in [6.45, 7) is 1.49. The predicted molar refractivity (Wildman–Crippen MR) is 33.6 cm³/mol. The molecular weight excluding hydrogens is 132 g/mol. The number of nitrogens with zero attached hydrogens (tertiary/aromatic N) is 2. The smallest absolute Gasteiger partial charge is 0.217 e. The van der Waals surface area contributed by atoms with Crippen LogP contribution < -0.4 is 4.74 Å². The van der Waals surface area contributed by atoms with Crippen LogP contribution in [0.3, 0.4) is 0 Å². The van der Waals surface area contributed by atoms with Gasteiger partial charge in [-0.2, -0.15) is 5.10 Å². The summed E-state index contributed by atoms with van der Waals surface area (Å²) >= 11 is 0. The van der Waals surface area contributed by atoms with E-state index in [1.165, 1.54) is 0 Å². The Morgan fingerprint density at radius 2 is 2.70 bits per heavy atom. The molecule has 4 heteroatoms. The molecule has 0 aliphatic carbocycles. The Bertz CT molecular complexity index is 244. The zero-order chi connectivity index (χ0) is 6.97. The van der Waals surface area contributed by atoms with E-state index in [0.717, 1.165) is 18.0 Å². The van der Waals surface area contributed by atoms with Gasteiger partial charge in [0.1, 0.15) is 6.61 Å². The zero-order valence-corrected chi connectivity index (χ0v) is 5.45. The van der Waals surface area contributed by atoms with Gasteiger partial charge in [0, 0.05) is 0 Å². The van der Waals surface area contributed by atoms with E-state index in [9.17, 15) is 0 Å². The average molecular weight is 140 g/mol. The Labute approximate surface area is 58.0 Å². The maximum Gasteiger partial charge on any atom is 0.217 e. The van der Waals surface area contributed by atoms with E-state index >= 15 is 0 Å². The first-order valence-corrected chi connectivity index (χ1v) is 3.20. The summed E-state index contributed by atoms with van der Waals surface area (Å²) in [5.74, 6) is 0.725. The Balaban J connectivity index is 2.44. The number of fused-ring (bicyclic) bond motifs is 1. The van der Waals surface area contributed by atoms with Gasteiger partial charge in [-0.1, -0.05) is 0 Å². The topological polar surface area (TPSA) is 47.3 Å². The fourth-order valence-electron chi connectivity index (χ4n) is 1.08. The van der Waals surface area contributed by atoms with Crippen LogP contribution in [0.15, 0.2) is 6.20 Å². The van der Waals surface area contributed by atoms with Gasteiger partial charge in [-0.25, -0.2) is 4.68 Å². The molecule has 2 rings (SSSR count). The van der Waals surface area contributed by atoms with Gasteiger partial charge >= 0.3 is 0 Å². The van der Waals surface area contributed by atoms with Gasteiger partial charge in [0.25, 0.3) is 0 Å². The third kappa shape index (κ3) is 0.623. The summed E-state index contributed by atoms with van der Waals surface area (Å²) in [6, 6.07) is 0. The van der Waals surface area contributed by atoms with Crippen LogP contribution in [0.25, 0.3) is 0 Å². The summed E-state index contributed by atoms with van der Waals surface area (Å²) < 4.78 is 6.96. The minimum absolute atomic E-state index is 0.00926. The second-order valence-corrected chi connectivity index (χ2v) is 2.20. The summed E-state index contributed by atoms with van der Waals surface area (Å²) in [7, 11) is 0. The first-order valence-electron chi connectivity index (χ1n) is 3.20. The molecule has 0 amide bonds. The highest BCUT2D eigenvalue weighted by Crippen LogP contribution is 2.21. The third-order valence-electron chi connectivity index (χ3n) is 1.57. The van der Waals surface area contributed by atoms with Gasteiger partial charge in [-0.3, -0.25) is 0 Å². The number of hydrogen-bond donors (Lipinski definition) is 1. The fraction of sp³-hybridized carbons (Fsp3) is 0.500. The zero-order valence-electron chi connectivity index (χ0n) is 5.45. The molecule has 1 aromatic rings. The number of rotatable bonds is 1. The molecule has 0 saturated heterocycles. The van der Waals surface area contributed by atoms with Gasteiger partial charge in [-0.15, -0.1) is 0 Å². The van der Waals surface area contributed by atoms with Gasteiger partial charge < -0.3 is 9.84 Å². The molecule has 0 aromatic carbocycles. The number of ether oxygens (including phenoxy) is 1. The number of hydrogen-bond acceptors (Lipinski definition) is 3. The summed E-state index contributed by atoms with van der Waals surface area (Å²) in [4.78, 5) is 0. The largest absolute Gasteiger partial charge is 0.476 e. The maximum atomic E-state index is 8.76. The molecule has 0 fully saturated rings. The molecule has 10 heavy (non-hydrogen) atoms. The molecule has 0 radical (unpaired) electrons. The molecule has 0 saturated carbocycles. The van der Waals surface area contributed by atoms with Crippen molar-refractivity contribution in [2.24, 2.45) is 0 Å². The number of aromatic nitrogens is 2. The minimum atomic E-state index is 0.00926. The van der Waals surface area contributed by atoms with Crippen molar-refractivity contribution in [3.8, 4) is 5.88 Å². The lowest BCUT2D eigenvalue weighted by Crippen LogP contribution is -1.93. The van der Waals surface area contributed by atoms with Gasteiger partial charge in [0.2, 0.25) is 5.88 Å². The lowest BCUT2D eigenvalue weighted by atomic mass is 10.4. The SMILES string of the molecule is OCc1cnn2c1OCC2. The van der Waals surface area contributed by atoms with E-state index in [1.807, 2.05) is 0 Å². The highest BCUT2D eigenvalue weighted by molar-refractivity contribution is 5.24. The molecule has 1 N–H and O–H groups in total. The molecule has 54 valence electrons. The first kappa shape index (κ1) is 5.73. The molecule has 0 spiro atoms. The first-order chi connectivity index (χ1) is 4.92. The van der Waals surface area contributed by atoms with Crippen LogP contribution in [0.5, 0.6) is 5.88 Å². The van der Waals surface area contributed by atoms with Crippen molar-refractivity contribution < 1.29 is 9.84 Å². The monoisotopic (exact) mass is 140 g/mol. The normalized spacial score (nSPS) is 14.9. The maximum absolute atomic E-state index is 8.76. The van der Waals surface area contributed by atoms with Crippen molar-refractivity contribution in [1.82, 2.24) is 9.78 Å². The van der Waals surface area contributed by atoms with Gasteiger partial charge in [0.15, 0.2) is 0 Å². The summed E-state index contributed by atoms with van der Waals surface area (Å²) in [5, 5.41) is 12.8. The van der Waals surface area contributed by atoms with Crippen molar-refractivity contribution in [3.63, 3.8) is 0 Å². The second-order valence-electron chi connectivity index (χ2n) is 2.20. The molecule has 0 bridgehead atoms. The van der Waals surface area contributed by atoms with E-state index in [-0.39, 0.29) is 6.61 Å². The molecule has 4 nitrogen and oxygen atoms in total. The van der Waals surface area contributed by atoms with E-state index in [0.29, 0.717) is 6.61 Å². The van der Waals surface area contributed by atoms with Crippen LogP contribution in [-0.4, -0.2) is 21.5 Å². The second kappa shape index (κ2) is 1.98. The molecule has 1 aromatic heterocycles. The van der Waals surface area contributed by atoms with Crippen molar-refractivity contribution in [2.45, 2.75) is 13.2 Å². The number of aliphatic hydroxyl groups is 1. The molecule has 1 aliphatic rings. The van der Waals surface area contributed by atoms with Crippen LogP contribution in [-0.2, 0) is 13.2 Å². The highest BCUT2D eigenvalue weighted by atomic mass is 16.5. The Kier molecular flexibility index (Phi) is 1.14. The fourth-order valence-corrected chi connectivity index (χ4v) is 1.08. The summed E-state index contributed by atoms with van der Waals surface area (Å²) in [5.41, 5.74) is 0.775. The van der Waals surface area contributed by atoms with Crippen molar-refractivity contribution in [2.75, 3.05) is 6.61 Å². The lowest BCUT2D eigenvalue weighted by Gasteiger charge is -1.93. The van der Waals surface area contributed by atoms with Crippen LogP contribution in [0.2, 0.25) is 0 Å². The molecule has 0 unspecified atom stereocenters. The number of aliphatic hydroxyl groups excluding tert-OH is 1. The van der Waals surface area contributed by atoms with E-state index in [1.54, 1.807) is 10.9 Å². The van der Waals surface area contributed by atoms with E-state index in [4.69, 9.17) is 9.84 Å². The Morgan fingerprint density at radius 3 is 3.50 bits per heavy atom. The van der Waals surface area contributed by atoms with Crippen LogP contribution >= 0.6 is 0 Å². The van der Waals surface area contributed by atoms with E-state index < -0.39 is 0 Å². The predicted octanol–water partition coefficient (Wildman–Crippen LogP) is -0.232. The van der Waals surface area contributed by atoms with E-state index in [2.05, 4.69) is 5.10 Å². The molecular formula is C6H8N2O2. The van der Waals surface area contributed by atoms with Gasteiger partial charge in [-0.05, 0) is 0 Å².